The Labute approximate surface area is 154 Å². The third kappa shape index (κ3) is 4.95. The third-order valence-electron chi connectivity index (χ3n) is 3.74. The van der Waals surface area contributed by atoms with Crippen LogP contribution in [0.5, 0.6) is 10.8 Å². The lowest BCUT2D eigenvalue weighted by Gasteiger charge is -2.09. The van der Waals surface area contributed by atoms with Crippen molar-refractivity contribution in [1.29, 1.82) is 0 Å². The normalized spacial score (nSPS) is 10.7. The molecule has 0 bridgehead atoms. The summed E-state index contributed by atoms with van der Waals surface area (Å²) in [6.07, 6.45) is 4.26. The van der Waals surface area contributed by atoms with Crippen LogP contribution >= 0.6 is 11.3 Å². The molecule has 1 aromatic carbocycles. The van der Waals surface area contributed by atoms with E-state index in [1.54, 1.807) is 18.2 Å². The molecule has 0 aliphatic rings. The summed E-state index contributed by atoms with van der Waals surface area (Å²) in [5, 5.41) is 20.5. The maximum atomic E-state index is 12.6. The second kappa shape index (κ2) is 9.19. The van der Waals surface area contributed by atoms with Gasteiger partial charge in [0.1, 0.15) is 17.9 Å². The van der Waals surface area contributed by atoms with Crippen LogP contribution in [0.4, 0.5) is 0 Å². The van der Waals surface area contributed by atoms with Crippen molar-refractivity contribution in [3.63, 3.8) is 0 Å². The number of rotatable bonds is 9. The van der Waals surface area contributed by atoms with Crippen LogP contribution in [0.3, 0.4) is 0 Å². The van der Waals surface area contributed by atoms with E-state index in [9.17, 15) is 19.5 Å². The molecule has 0 radical (unpaired) electrons. The predicted molar refractivity (Wildman–Crippen MR) is 99.4 cm³/mol. The molecule has 0 aliphatic carbocycles. The van der Waals surface area contributed by atoms with Gasteiger partial charge in [0.15, 0.2) is 5.06 Å². The Morgan fingerprint density at radius 3 is 2.69 bits per heavy atom. The summed E-state index contributed by atoms with van der Waals surface area (Å²) in [5.41, 5.74) is -1.11. The minimum atomic E-state index is -1.24. The van der Waals surface area contributed by atoms with Crippen LogP contribution in [0, 0.1) is 0 Å². The highest BCUT2D eigenvalue weighted by Gasteiger charge is 2.20. The van der Waals surface area contributed by atoms with Crippen LogP contribution in [0.2, 0.25) is 0 Å². The second-order valence-electron chi connectivity index (χ2n) is 5.75. The van der Waals surface area contributed by atoms with Crippen LogP contribution < -0.4 is 15.5 Å². The van der Waals surface area contributed by atoms with E-state index in [-0.39, 0.29) is 5.39 Å². The zero-order valence-electron chi connectivity index (χ0n) is 14.4. The quantitative estimate of drug-likeness (QED) is 0.578. The Bertz CT molecular complexity index is 861. The Balaban J connectivity index is 2.25. The molecular formula is C18H21NO6S. The van der Waals surface area contributed by atoms with Crippen LogP contribution in [0.1, 0.15) is 43.0 Å². The van der Waals surface area contributed by atoms with Gasteiger partial charge in [0.2, 0.25) is 5.43 Å². The number of carboxylic acid groups (broad SMARTS) is 1. The van der Waals surface area contributed by atoms with E-state index in [1.165, 1.54) is 0 Å². The Morgan fingerprint density at radius 1 is 1.23 bits per heavy atom. The fourth-order valence-electron chi connectivity index (χ4n) is 2.42. The summed E-state index contributed by atoms with van der Waals surface area (Å²) in [5.74, 6) is -1.65. The van der Waals surface area contributed by atoms with E-state index in [0.29, 0.717) is 17.1 Å². The first-order chi connectivity index (χ1) is 12.4. The SMILES string of the molecule is CCCCCCOc1ccc2sc(O)c(C(=O)NCC(=O)O)c(=O)c2c1. The Morgan fingerprint density at radius 2 is 2.00 bits per heavy atom. The molecule has 7 nitrogen and oxygen atoms in total. The highest BCUT2D eigenvalue weighted by Crippen LogP contribution is 2.30. The topological polar surface area (TPSA) is 113 Å². The number of ether oxygens (including phenoxy) is 1. The van der Waals surface area contributed by atoms with Crippen molar-refractivity contribution in [2.24, 2.45) is 0 Å². The fourth-order valence-corrected chi connectivity index (χ4v) is 3.31. The van der Waals surface area contributed by atoms with Crippen LogP contribution in [-0.2, 0) is 4.79 Å². The highest BCUT2D eigenvalue weighted by atomic mass is 32.1. The van der Waals surface area contributed by atoms with Crippen molar-refractivity contribution in [2.45, 2.75) is 32.6 Å². The van der Waals surface area contributed by atoms with E-state index in [2.05, 4.69) is 12.2 Å². The maximum Gasteiger partial charge on any atom is 0.322 e. The van der Waals surface area contributed by atoms with Gasteiger partial charge in [-0.05, 0) is 24.6 Å². The van der Waals surface area contributed by atoms with Crippen LogP contribution in [0.15, 0.2) is 23.0 Å². The van der Waals surface area contributed by atoms with Gasteiger partial charge in [-0.25, -0.2) is 0 Å². The number of benzene rings is 1. The van der Waals surface area contributed by atoms with Crippen molar-refractivity contribution < 1.29 is 24.5 Å². The molecule has 2 rings (SSSR count). The number of unbranched alkanes of at least 4 members (excludes halogenated alkanes) is 3. The summed E-state index contributed by atoms with van der Waals surface area (Å²) < 4.78 is 6.16. The van der Waals surface area contributed by atoms with E-state index >= 15 is 0 Å². The number of hydrogen-bond acceptors (Lipinski definition) is 6. The number of aromatic hydroxyl groups is 1. The summed E-state index contributed by atoms with van der Waals surface area (Å²) in [4.78, 5) is 35.2. The standard InChI is InChI=1S/C18H21NO6S/c1-2-3-4-5-8-25-11-6-7-13-12(9-11)16(22)15(18(24)26-13)17(23)19-10-14(20)21/h6-7,9,24H,2-5,8,10H2,1H3,(H,19,23)(H,20,21). The number of carboxylic acids is 1. The second-order valence-corrected chi connectivity index (χ2v) is 6.79. The zero-order valence-corrected chi connectivity index (χ0v) is 15.2. The van der Waals surface area contributed by atoms with Gasteiger partial charge in [0, 0.05) is 10.1 Å². The van der Waals surface area contributed by atoms with Gasteiger partial charge in [0.25, 0.3) is 5.91 Å². The van der Waals surface area contributed by atoms with E-state index in [4.69, 9.17) is 9.84 Å². The van der Waals surface area contributed by atoms with E-state index < -0.39 is 34.5 Å². The molecule has 0 saturated carbocycles. The summed E-state index contributed by atoms with van der Waals surface area (Å²) in [7, 11) is 0. The first-order valence-electron chi connectivity index (χ1n) is 8.36. The summed E-state index contributed by atoms with van der Waals surface area (Å²) >= 11 is 0.880. The minimum Gasteiger partial charge on any atom is -0.499 e. The molecule has 0 atom stereocenters. The molecule has 3 N–H and O–H groups in total. The number of fused-ring (bicyclic) bond motifs is 1. The Hall–Kier alpha value is -2.61. The summed E-state index contributed by atoms with van der Waals surface area (Å²) in [6.45, 7) is 2.02. The minimum absolute atomic E-state index is 0.249. The number of nitrogens with one attached hydrogen (secondary N) is 1. The molecule has 140 valence electrons. The van der Waals surface area contributed by atoms with Gasteiger partial charge in [-0.15, -0.1) is 0 Å². The van der Waals surface area contributed by atoms with Crippen molar-refractivity contribution in [3.8, 4) is 10.8 Å². The molecular weight excluding hydrogens is 358 g/mol. The van der Waals surface area contributed by atoms with E-state index in [1.807, 2.05) is 0 Å². The number of carbonyl (C=O) groups is 2. The lowest BCUT2D eigenvalue weighted by Crippen LogP contribution is -2.32. The zero-order chi connectivity index (χ0) is 19.1. The average molecular weight is 379 g/mol. The van der Waals surface area contributed by atoms with Gasteiger partial charge in [-0.1, -0.05) is 37.5 Å². The first kappa shape index (κ1) is 19.7. The molecule has 8 heteroatoms. The molecule has 26 heavy (non-hydrogen) atoms. The van der Waals surface area contributed by atoms with Crippen molar-refractivity contribution in [3.05, 3.63) is 34.0 Å². The number of carbonyl (C=O) groups excluding carboxylic acids is 1. The van der Waals surface area contributed by atoms with E-state index in [0.717, 1.165) is 37.0 Å². The molecule has 0 aliphatic heterocycles. The fraction of sp³-hybridized carbons (Fsp3) is 0.389. The van der Waals surface area contributed by atoms with Crippen molar-refractivity contribution in [1.82, 2.24) is 5.32 Å². The molecule has 0 spiro atoms. The molecule has 2 aromatic rings. The largest absolute Gasteiger partial charge is 0.499 e. The number of hydrogen-bond donors (Lipinski definition) is 3. The van der Waals surface area contributed by atoms with Crippen LogP contribution in [0.25, 0.3) is 10.1 Å². The molecule has 0 saturated heterocycles. The van der Waals surface area contributed by atoms with Gasteiger partial charge in [-0.2, -0.15) is 0 Å². The monoisotopic (exact) mass is 379 g/mol. The van der Waals surface area contributed by atoms with Gasteiger partial charge in [0.05, 0.1) is 6.61 Å². The smallest absolute Gasteiger partial charge is 0.322 e. The molecule has 0 unspecified atom stereocenters. The predicted octanol–water partition coefficient (Wildman–Crippen LogP) is 2.74. The maximum absolute atomic E-state index is 12.6. The highest BCUT2D eigenvalue weighted by molar-refractivity contribution is 7.20. The molecule has 1 aromatic heterocycles. The average Bonchev–Trinajstić information content (AvgIpc) is 2.60. The Kier molecular flexibility index (Phi) is 6.97. The first-order valence-corrected chi connectivity index (χ1v) is 9.18. The van der Waals surface area contributed by atoms with Crippen molar-refractivity contribution >= 4 is 33.3 Å². The number of aliphatic carboxylic acids is 1. The lowest BCUT2D eigenvalue weighted by atomic mass is 10.1. The molecule has 0 fully saturated rings. The number of amides is 1. The lowest BCUT2D eigenvalue weighted by molar-refractivity contribution is -0.135. The summed E-state index contributed by atoms with van der Waals surface area (Å²) in [6, 6.07) is 4.91. The molecule has 1 amide bonds. The van der Waals surface area contributed by atoms with Crippen LogP contribution in [-0.4, -0.2) is 35.2 Å². The van der Waals surface area contributed by atoms with Gasteiger partial charge < -0.3 is 20.3 Å². The van der Waals surface area contributed by atoms with Crippen molar-refractivity contribution in [2.75, 3.05) is 13.2 Å². The molecule has 1 heterocycles. The third-order valence-corrected chi connectivity index (χ3v) is 4.71. The van der Waals surface area contributed by atoms with Gasteiger partial charge in [-0.3, -0.25) is 14.4 Å². The van der Waals surface area contributed by atoms with Gasteiger partial charge >= 0.3 is 5.97 Å².